The normalized spacial score (nSPS) is 11.4. The molecule has 0 aromatic heterocycles. The molecule has 35 heavy (non-hydrogen) atoms. The monoisotopic (exact) mass is 494 g/mol. The highest BCUT2D eigenvalue weighted by molar-refractivity contribution is 6.30. The first-order valence-corrected chi connectivity index (χ1v) is 12.0. The van der Waals surface area contributed by atoms with Crippen molar-refractivity contribution in [2.24, 2.45) is 0 Å². The van der Waals surface area contributed by atoms with Crippen LogP contribution in [0.1, 0.15) is 24.5 Å². The number of amides is 2. The summed E-state index contributed by atoms with van der Waals surface area (Å²) in [5.74, 6) is 0.739. The fourth-order valence-electron chi connectivity index (χ4n) is 3.65. The molecule has 184 valence electrons. The summed E-state index contributed by atoms with van der Waals surface area (Å²) in [6.45, 7) is 2.54. The molecule has 0 unspecified atom stereocenters. The number of ether oxygens (including phenoxy) is 2. The molecule has 2 amide bonds. The SMILES string of the molecule is CCCNC(=O)[C@H](Cc1ccccc1)N(Cc1cccc(Cl)c1)C(=O)COc1ccc(OC)cc1. The molecule has 1 atom stereocenters. The number of nitrogens with one attached hydrogen (secondary N) is 1. The maximum Gasteiger partial charge on any atom is 0.261 e. The zero-order valence-corrected chi connectivity index (χ0v) is 20.8. The average Bonchev–Trinajstić information content (AvgIpc) is 2.88. The van der Waals surface area contributed by atoms with Crippen molar-refractivity contribution in [3.8, 4) is 11.5 Å². The van der Waals surface area contributed by atoms with E-state index in [9.17, 15) is 9.59 Å². The third-order valence-corrected chi connectivity index (χ3v) is 5.72. The smallest absolute Gasteiger partial charge is 0.261 e. The van der Waals surface area contributed by atoms with Crippen LogP contribution in [-0.4, -0.2) is 43.0 Å². The van der Waals surface area contributed by atoms with E-state index in [0.29, 0.717) is 29.5 Å². The molecular formula is C28H31ClN2O4. The van der Waals surface area contributed by atoms with Gasteiger partial charge in [-0.1, -0.05) is 61.0 Å². The van der Waals surface area contributed by atoms with Gasteiger partial charge in [0.15, 0.2) is 6.61 Å². The Hall–Kier alpha value is -3.51. The molecule has 0 saturated carbocycles. The number of hydrogen-bond acceptors (Lipinski definition) is 4. The summed E-state index contributed by atoms with van der Waals surface area (Å²) in [5.41, 5.74) is 1.79. The predicted molar refractivity (Wildman–Crippen MR) is 138 cm³/mol. The largest absolute Gasteiger partial charge is 0.497 e. The van der Waals surface area contributed by atoms with E-state index in [0.717, 1.165) is 17.5 Å². The lowest BCUT2D eigenvalue weighted by Gasteiger charge is -2.31. The quantitative estimate of drug-likeness (QED) is 0.389. The number of hydrogen-bond donors (Lipinski definition) is 1. The Labute approximate surface area is 211 Å². The summed E-state index contributed by atoms with van der Waals surface area (Å²) in [6, 6.07) is 23.3. The summed E-state index contributed by atoms with van der Waals surface area (Å²) in [5, 5.41) is 3.53. The molecule has 3 aromatic rings. The van der Waals surface area contributed by atoms with E-state index in [4.69, 9.17) is 21.1 Å². The van der Waals surface area contributed by atoms with Crippen LogP contribution < -0.4 is 14.8 Å². The maximum absolute atomic E-state index is 13.5. The van der Waals surface area contributed by atoms with Crippen LogP contribution >= 0.6 is 11.6 Å². The highest BCUT2D eigenvalue weighted by Gasteiger charge is 2.30. The lowest BCUT2D eigenvalue weighted by atomic mass is 10.0. The van der Waals surface area contributed by atoms with Crippen molar-refractivity contribution in [2.45, 2.75) is 32.4 Å². The van der Waals surface area contributed by atoms with Gasteiger partial charge in [0.2, 0.25) is 5.91 Å². The molecule has 6 nitrogen and oxygen atoms in total. The van der Waals surface area contributed by atoms with Gasteiger partial charge in [-0.25, -0.2) is 0 Å². The lowest BCUT2D eigenvalue weighted by Crippen LogP contribution is -2.51. The second-order valence-electron chi connectivity index (χ2n) is 8.11. The van der Waals surface area contributed by atoms with E-state index < -0.39 is 6.04 Å². The van der Waals surface area contributed by atoms with Gasteiger partial charge in [0.1, 0.15) is 17.5 Å². The number of rotatable bonds is 12. The van der Waals surface area contributed by atoms with Crippen LogP contribution in [0, 0.1) is 0 Å². The molecule has 0 saturated heterocycles. The summed E-state index contributed by atoms with van der Waals surface area (Å²) in [6.07, 6.45) is 1.18. The fourth-order valence-corrected chi connectivity index (χ4v) is 3.86. The van der Waals surface area contributed by atoms with Gasteiger partial charge < -0.3 is 19.7 Å². The molecule has 0 radical (unpaired) electrons. The maximum atomic E-state index is 13.5. The Morgan fingerprint density at radius 1 is 0.943 bits per heavy atom. The molecular weight excluding hydrogens is 464 g/mol. The molecule has 0 aliphatic rings. The number of carbonyl (C=O) groups is 2. The zero-order valence-electron chi connectivity index (χ0n) is 20.1. The van der Waals surface area contributed by atoms with Gasteiger partial charge in [0, 0.05) is 24.5 Å². The van der Waals surface area contributed by atoms with Crippen LogP contribution in [0.5, 0.6) is 11.5 Å². The molecule has 0 heterocycles. The highest BCUT2D eigenvalue weighted by atomic mass is 35.5. The Morgan fingerprint density at radius 3 is 2.29 bits per heavy atom. The predicted octanol–water partition coefficient (Wildman–Crippen LogP) is 4.89. The van der Waals surface area contributed by atoms with Crippen molar-refractivity contribution >= 4 is 23.4 Å². The van der Waals surface area contributed by atoms with Crippen LogP contribution in [0.3, 0.4) is 0 Å². The molecule has 0 aliphatic carbocycles. The second-order valence-corrected chi connectivity index (χ2v) is 8.55. The Balaban J connectivity index is 1.87. The van der Waals surface area contributed by atoms with Gasteiger partial charge in [-0.05, 0) is 53.9 Å². The second kappa shape index (κ2) is 13.4. The molecule has 7 heteroatoms. The Bertz CT molecular complexity index is 1090. The average molecular weight is 495 g/mol. The minimum atomic E-state index is -0.713. The van der Waals surface area contributed by atoms with Gasteiger partial charge in [-0.2, -0.15) is 0 Å². The molecule has 3 aromatic carbocycles. The zero-order chi connectivity index (χ0) is 25.0. The number of nitrogens with zero attached hydrogens (tertiary/aromatic N) is 1. The standard InChI is InChI=1S/C28H31ClN2O4/c1-3-16-30-28(33)26(18-21-8-5-4-6-9-21)31(19-22-10-7-11-23(29)17-22)27(32)20-35-25-14-12-24(34-2)13-15-25/h4-15,17,26H,3,16,18-20H2,1-2H3,(H,30,33)/t26-/m0/s1. The fraction of sp³-hybridized carbons (Fsp3) is 0.286. The van der Waals surface area contributed by atoms with E-state index in [2.05, 4.69) is 5.32 Å². The number of carbonyl (C=O) groups excluding carboxylic acids is 2. The van der Waals surface area contributed by atoms with E-state index in [1.165, 1.54) is 0 Å². The van der Waals surface area contributed by atoms with Gasteiger partial charge in [0.05, 0.1) is 7.11 Å². The number of benzene rings is 3. The van der Waals surface area contributed by atoms with Crippen molar-refractivity contribution in [1.82, 2.24) is 10.2 Å². The molecule has 3 rings (SSSR count). The Morgan fingerprint density at radius 2 is 1.63 bits per heavy atom. The van der Waals surface area contributed by atoms with Gasteiger partial charge in [-0.15, -0.1) is 0 Å². The number of halogens is 1. The lowest BCUT2D eigenvalue weighted by molar-refractivity contribution is -0.142. The van der Waals surface area contributed by atoms with Crippen LogP contribution in [0.15, 0.2) is 78.9 Å². The van der Waals surface area contributed by atoms with E-state index in [-0.39, 0.29) is 25.0 Å². The van der Waals surface area contributed by atoms with Crippen molar-refractivity contribution in [3.63, 3.8) is 0 Å². The first kappa shape index (κ1) is 26.1. The van der Waals surface area contributed by atoms with Crippen LogP contribution in [0.2, 0.25) is 5.02 Å². The highest BCUT2D eigenvalue weighted by Crippen LogP contribution is 2.20. The summed E-state index contributed by atoms with van der Waals surface area (Å²) >= 11 is 6.20. The topological polar surface area (TPSA) is 67.9 Å². The first-order valence-electron chi connectivity index (χ1n) is 11.6. The molecule has 0 aliphatic heterocycles. The van der Waals surface area contributed by atoms with Crippen molar-refractivity contribution in [2.75, 3.05) is 20.3 Å². The van der Waals surface area contributed by atoms with Crippen LogP contribution in [0.25, 0.3) is 0 Å². The van der Waals surface area contributed by atoms with E-state index >= 15 is 0 Å². The van der Waals surface area contributed by atoms with E-state index in [1.807, 2.05) is 49.4 Å². The third kappa shape index (κ3) is 8.04. The summed E-state index contributed by atoms with van der Waals surface area (Å²) in [4.78, 5) is 28.3. The van der Waals surface area contributed by atoms with Crippen molar-refractivity contribution in [1.29, 1.82) is 0 Å². The van der Waals surface area contributed by atoms with E-state index in [1.54, 1.807) is 48.4 Å². The van der Waals surface area contributed by atoms with Crippen molar-refractivity contribution < 1.29 is 19.1 Å². The third-order valence-electron chi connectivity index (χ3n) is 5.48. The minimum Gasteiger partial charge on any atom is -0.497 e. The minimum absolute atomic E-state index is 0.199. The first-order chi connectivity index (χ1) is 17.0. The number of methoxy groups -OCH3 is 1. The van der Waals surface area contributed by atoms with Crippen LogP contribution in [-0.2, 0) is 22.6 Å². The van der Waals surface area contributed by atoms with Gasteiger partial charge in [-0.3, -0.25) is 9.59 Å². The molecule has 1 N–H and O–H groups in total. The van der Waals surface area contributed by atoms with Gasteiger partial charge >= 0.3 is 0 Å². The molecule has 0 fully saturated rings. The summed E-state index contributed by atoms with van der Waals surface area (Å²) in [7, 11) is 1.59. The molecule has 0 spiro atoms. The summed E-state index contributed by atoms with van der Waals surface area (Å²) < 4.78 is 10.9. The van der Waals surface area contributed by atoms with Crippen molar-refractivity contribution in [3.05, 3.63) is 95.0 Å². The molecule has 0 bridgehead atoms. The van der Waals surface area contributed by atoms with Gasteiger partial charge in [0.25, 0.3) is 5.91 Å². The Kier molecular flexibility index (Phi) is 9.99. The van der Waals surface area contributed by atoms with Crippen LogP contribution in [0.4, 0.5) is 0 Å².